The van der Waals surface area contributed by atoms with Gasteiger partial charge in [0.2, 0.25) is 5.91 Å². The number of hydrogen-bond donors (Lipinski definition) is 3. The van der Waals surface area contributed by atoms with Crippen molar-refractivity contribution in [3.8, 4) is 0 Å². The van der Waals surface area contributed by atoms with E-state index in [4.69, 9.17) is 9.85 Å². The van der Waals surface area contributed by atoms with E-state index in [0.717, 1.165) is 6.92 Å². The molecule has 0 spiro atoms. The SMILES string of the molecule is [2H]C([2H])([2H])n1c(=O)[nH]c(N)c(NC(C)=O)c1=O. The normalized spacial score (nSPS) is 13.9. The number of H-pyrrole nitrogens is 1. The van der Waals surface area contributed by atoms with Gasteiger partial charge in [-0.25, -0.2) is 4.79 Å². The van der Waals surface area contributed by atoms with Crippen molar-refractivity contribution >= 4 is 17.4 Å². The first-order chi connectivity index (χ1) is 7.64. The van der Waals surface area contributed by atoms with E-state index < -0.39 is 35.6 Å². The highest BCUT2D eigenvalue weighted by Gasteiger charge is 2.10. The first-order valence-corrected chi connectivity index (χ1v) is 3.57. The van der Waals surface area contributed by atoms with E-state index in [1.54, 1.807) is 0 Å². The molecule has 1 heterocycles. The maximum Gasteiger partial charge on any atom is 0.329 e. The first-order valence-electron chi connectivity index (χ1n) is 5.07. The largest absolute Gasteiger partial charge is 0.383 e. The molecular weight excluding hydrogens is 188 g/mol. The Morgan fingerprint density at radius 1 is 1.64 bits per heavy atom. The number of aromatic amines is 1. The fourth-order valence-electron chi connectivity index (χ4n) is 0.850. The molecular formula is C7H10N4O3. The Morgan fingerprint density at radius 2 is 2.29 bits per heavy atom. The highest BCUT2D eigenvalue weighted by atomic mass is 16.2. The van der Waals surface area contributed by atoms with Gasteiger partial charge in [-0.3, -0.25) is 19.1 Å². The lowest BCUT2D eigenvalue weighted by molar-refractivity contribution is -0.114. The maximum atomic E-state index is 11.7. The van der Waals surface area contributed by atoms with Crippen molar-refractivity contribution in [1.82, 2.24) is 9.55 Å². The highest BCUT2D eigenvalue weighted by Crippen LogP contribution is 2.05. The summed E-state index contributed by atoms with van der Waals surface area (Å²) >= 11 is 0. The monoisotopic (exact) mass is 201 g/mol. The highest BCUT2D eigenvalue weighted by molar-refractivity contribution is 5.90. The van der Waals surface area contributed by atoms with Crippen LogP contribution in [0.1, 0.15) is 11.0 Å². The van der Waals surface area contributed by atoms with Gasteiger partial charge in [0, 0.05) is 18.0 Å². The fourth-order valence-corrected chi connectivity index (χ4v) is 0.850. The average Bonchev–Trinajstić information content (AvgIpc) is 2.08. The Bertz CT molecular complexity index is 571. The van der Waals surface area contributed by atoms with Crippen molar-refractivity contribution in [3.63, 3.8) is 0 Å². The van der Waals surface area contributed by atoms with Crippen LogP contribution in [-0.4, -0.2) is 15.5 Å². The van der Waals surface area contributed by atoms with Crippen LogP contribution in [0.4, 0.5) is 11.5 Å². The minimum Gasteiger partial charge on any atom is -0.383 e. The lowest BCUT2D eigenvalue weighted by atomic mass is 10.4. The zero-order valence-electron chi connectivity index (χ0n) is 10.2. The zero-order valence-corrected chi connectivity index (χ0v) is 7.25. The summed E-state index contributed by atoms with van der Waals surface area (Å²) in [6.45, 7) is -1.84. The number of nitrogens with one attached hydrogen (secondary N) is 2. The molecule has 1 aromatic heterocycles. The summed E-state index contributed by atoms with van der Waals surface area (Å²) in [4.78, 5) is 35.8. The van der Waals surface area contributed by atoms with Gasteiger partial charge in [-0.1, -0.05) is 0 Å². The molecule has 1 aromatic rings. The van der Waals surface area contributed by atoms with Crippen LogP contribution in [0, 0.1) is 0 Å². The lowest BCUT2D eigenvalue weighted by Crippen LogP contribution is -2.35. The second-order valence-electron chi connectivity index (χ2n) is 2.54. The molecule has 0 bridgehead atoms. The van der Waals surface area contributed by atoms with Crippen LogP contribution in [0.3, 0.4) is 0 Å². The van der Waals surface area contributed by atoms with Gasteiger partial charge in [-0.05, 0) is 0 Å². The van der Waals surface area contributed by atoms with Crippen LogP contribution >= 0.6 is 0 Å². The summed E-state index contributed by atoms with van der Waals surface area (Å²) in [6.07, 6.45) is 0. The fraction of sp³-hybridized carbons (Fsp3) is 0.286. The van der Waals surface area contributed by atoms with Gasteiger partial charge in [0.15, 0.2) is 0 Å². The number of aromatic nitrogens is 2. The van der Waals surface area contributed by atoms with Crippen LogP contribution in [0.25, 0.3) is 0 Å². The smallest absolute Gasteiger partial charge is 0.329 e. The van der Waals surface area contributed by atoms with E-state index in [9.17, 15) is 14.4 Å². The number of amides is 1. The van der Waals surface area contributed by atoms with Crippen LogP contribution in [0.15, 0.2) is 9.59 Å². The van der Waals surface area contributed by atoms with Crippen LogP contribution < -0.4 is 22.3 Å². The maximum absolute atomic E-state index is 11.7. The molecule has 1 amide bonds. The summed E-state index contributed by atoms with van der Waals surface area (Å²) in [7, 11) is 0. The van der Waals surface area contributed by atoms with Crippen LogP contribution in [0.2, 0.25) is 0 Å². The molecule has 14 heavy (non-hydrogen) atoms. The van der Waals surface area contributed by atoms with E-state index in [2.05, 4.69) is 5.32 Å². The molecule has 0 radical (unpaired) electrons. The van der Waals surface area contributed by atoms with E-state index in [-0.39, 0.29) is 4.57 Å². The number of anilines is 2. The predicted molar refractivity (Wildman–Crippen MR) is 51.0 cm³/mol. The molecule has 76 valence electrons. The Labute approximate surface area is 82.8 Å². The molecule has 0 atom stereocenters. The van der Waals surface area contributed by atoms with Gasteiger partial charge in [-0.15, -0.1) is 0 Å². The van der Waals surface area contributed by atoms with Crippen LogP contribution in [-0.2, 0) is 11.8 Å². The number of nitrogens with two attached hydrogens (primary N) is 1. The Morgan fingerprint density at radius 3 is 2.79 bits per heavy atom. The third kappa shape index (κ3) is 1.65. The number of hydrogen-bond acceptors (Lipinski definition) is 4. The zero-order chi connectivity index (χ0) is 13.4. The number of rotatable bonds is 1. The molecule has 0 unspecified atom stereocenters. The topological polar surface area (TPSA) is 110 Å². The lowest BCUT2D eigenvalue weighted by Gasteiger charge is -2.05. The number of nitrogens with zero attached hydrogens (tertiary/aromatic N) is 1. The summed E-state index contributed by atoms with van der Waals surface area (Å²) in [6, 6.07) is 0. The minimum atomic E-state index is -2.95. The number of carbonyl (C=O) groups is 1. The van der Waals surface area contributed by atoms with E-state index in [0.29, 0.717) is 0 Å². The molecule has 0 fully saturated rings. The number of carbonyl (C=O) groups excluding carboxylic acids is 1. The molecule has 0 aliphatic carbocycles. The molecule has 1 rings (SSSR count). The minimum absolute atomic E-state index is 0.00856. The van der Waals surface area contributed by atoms with Gasteiger partial charge < -0.3 is 11.1 Å². The molecule has 4 N–H and O–H groups in total. The summed E-state index contributed by atoms with van der Waals surface area (Å²) in [5.74, 6) is -1.01. The van der Waals surface area contributed by atoms with E-state index >= 15 is 0 Å². The Balaban J connectivity index is 3.61. The molecule has 0 aromatic carbocycles. The Hall–Kier alpha value is -2.05. The Kier molecular flexibility index (Phi) is 1.54. The van der Waals surface area contributed by atoms with Crippen LogP contribution in [0.5, 0.6) is 0 Å². The molecule has 7 nitrogen and oxygen atoms in total. The van der Waals surface area contributed by atoms with Crippen molar-refractivity contribution in [2.24, 2.45) is 6.98 Å². The molecule has 7 heteroatoms. The summed E-state index contributed by atoms with van der Waals surface area (Å²) in [5.41, 5.74) is 2.51. The van der Waals surface area contributed by atoms with Gasteiger partial charge in [-0.2, -0.15) is 0 Å². The average molecular weight is 201 g/mol. The van der Waals surface area contributed by atoms with Crippen molar-refractivity contribution in [1.29, 1.82) is 0 Å². The second-order valence-corrected chi connectivity index (χ2v) is 2.54. The quantitative estimate of drug-likeness (QED) is 0.519. The second kappa shape index (κ2) is 3.36. The summed E-state index contributed by atoms with van der Waals surface area (Å²) in [5, 5.41) is 2.06. The van der Waals surface area contributed by atoms with Crippen molar-refractivity contribution < 1.29 is 8.91 Å². The van der Waals surface area contributed by atoms with Crippen molar-refractivity contribution in [2.75, 3.05) is 11.1 Å². The van der Waals surface area contributed by atoms with E-state index in [1.165, 1.54) is 0 Å². The first kappa shape index (κ1) is 6.41. The van der Waals surface area contributed by atoms with Gasteiger partial charge in [0.25, 0.3) is 5.56 Å². The van der Waals surface area contributed by atoms with Gasteiger partial charge in [0.05, 0.1) is 0 Å². The molecule has 0 aliphatic rings. The van der Waals surface area contributed by atoms with Crippen molar-refractivity contribution in [2.45, 2.75) is 6.92 Å². The standard InChI is InChI=1S/C7H10N4O3/c1-3(12)9-4-5(8)10-7(14)11(2)6(4)13/h8H2,1-2H3,(H,9,12)(H,10,14)/i2D3. The molecule has 0 saturated heterocycles. The third-order valence-electron chi connectivity index (χ3n) is 1.43. The molecule has 0 saturated carbocycles. The third-order valence-corrected chi connectivity index (χ3v) is 1.43. The summed E-state index contributed by atoms with van der Waals surface area (Å²) < 4.78 is 21.1. The van der Waals surface area contributed by atoms with E-state index in [1.807, 2.05) is 4.98 Å². The molecule has 0 aliphatic heterocycles. The van der Waals surface area contributed by atoms with Gasteiger partial charge >= 0.3 is 5.69 Å². The van der Waals surface area contributed by atoms with Gasteiger partial charge in [0.1, 0.15) is 11.5 Å². The predicted octanol–water partition coefficient (Wildman–Crippen LogP) is -1.39. The number of nitrogen functional groups attached to an aromatic ring is 1. The van der Waals surface area contributed by atoms with Crippen molar-refractivity contribution in [3.05, 3.63) is 20.8 Å².